The maximum Gasteiger partial charge on any atom is 0.115 e. The number of rotatable bonds is 7. The van der Waals surface area contributed by atoms with Crippen LogP contribution in [0, 0.1) is 5.92 Å². The molecular formula is C16H25BrO. The van der Waals surface area contributed by atoms with Crippen molar-refractivity contribution in [3.63, 3.8) is 0 Å². The zero-order valence-electron chi connectivity index (χ0n) is 11.7. The second-order valence-electron chi connectivity index (χ2n) is 5.91. The van der Waals surface area contributed by atoms with Gasteiger partial charge in [-0.3, -0.25) is 0 Å². The highest BCUT2D eigenvalue weighted by molar-refractivity contribution is 9.09. The van der Waals surface area contributed by atoms with Crippen LogP contribution in [-0.4, -0.2) is 10.4 Å². The van der Waals surface area contributed by atoms with Gasteiger partial charge in [-0.2, -0.15) is 0 Å². The third kappa shape index (κ3) is 5.01. The summed E-state index contributed by atoms with van der Waals surface area (Å²) in [5, 5.41) is 10.4. The summed E-state index contributed by atoms with van der Waals surface area (Å²) in [6.45, 7) is 6.90. The van der Waals surface area contributed by atoms with E-state index in [9.17, 15) is 5.11 Å². The Morgan fingerprint density at radius 3 is 2.33 bits per heavy atom. The Balaban J connectivity index is 2.46. The molecule has 18 heavy (non-hydrogen) atoms. The number of phenols is 1. The van der Waals surface area contributed by atoms with Gasteiger partial charge >= 0.3 is 0 Å². The highest BCUT2D eigenvalue weighted by atomic mass is 79.9. The van der Waals surface area contributed by atoms with E-state index in [1.54, 1.807) is 12.1 Å². The van der Waals surface area contributed by atoms with Gasteiger partial charge in [0.1, 0.15) is 5.75 Å². The summed E-state index contributed by atoms with van der Waals surface area (Å²) < 4.78 is 0. The topological polar surface area (TPSA) is 20.2 Å². The van der Waals surface area contributed by atoms with Crippen molar-refractivity contribution < 1.29 is 5.11 Å². The molecule has 0 fully saturated rings. The van der Waals surface area contributed by atoms with Gasteiger partial charge in [0, 0.05) is 5.33 Å². The maximum absolute atomic E-state index is 9.33. The molecule has 102 valence electrons. The van der Waals surface area contributed by atoms with Crippen LogP contribution in [0.4, 0.5) is 0 Å². The van der Waals surface area contributed by atoms with Crippen molar-refractivity contribution in [2.24, 2.45) is 5.92 Å². The highest BCUT2D eigenvalue weighted by Crippen LogP contribution is 2.31. The van der Waals surface area contributed by atoms with Crippen LogP contribution in [0.5, 0.6) is 5.75 Å². The summed E-state index contributed by atoms with van der Waals surface area (Å²) in [5.74, 6) is 1.15. The van der Waals surface area contributed by atoms with Crippen LogP contribution in [-0.2, 0) is 5.41 Å². The second-order valence-corrected chi connectivity index (χ2v) is 6.70. The van der Waals surface area contributed by atoms with E-state index in [0.717, 1.165) is 11.2 Å². The Hall–Kier alpha value is -0.500. The van der Waals surface area contributed by atoms with Gasteiger partial charge < -0.3 is 5.11 Å². The molecule has 0 aliphatic rings. The fourth-order valence-electron chi connectivity index (χ4n) is 2.28. The zero-order valence-corrected chi connectivity index (χ0v) is 13.3. The summed E-state index contributed by atoms with van der Waals surface area (Å²) in [4.78, 5) is 0. The number of halogens is 1. The standard InChI is InChI=1S/C16H25BrO/c1-13(10-12-17)5-4-11-16(2,3)14-6-8-15(18)9-7-14/h6-9,13,18H,4-5,10-12H2,1-3H3. The smallest absolute Gasteiger partial charge is 0.115 e. The van der Waals surface area contributed by atoms with Gasteiger partial charge in [0.2, 0.25) is 0 Å². The summed E-state index contributed by atoms with van der Waals surface area (Å²) in [7, 11) is 0. The molecule has 1 aromatic rings. The minimum Gasteiger partial charge on any atom is -0.508 e. The highest BCUT2D eigenvalue weighted by Gasteiger charge is 2.20. The number of phenolic OH excluding ortho intramolecular Hbond substituents is 1. The van der Waals surface area contributed by atoms with Crippen molar-refractivity contribution in [3.8, 4) is 5.75 Å². The Morgan fingerprint density at radius 2 is 1.78 bits per heavy atom. The average Bonchev–Trinajstić information content (AvgIpc) is 2.29. The Bertz CT molecular complexity index is 343. The summed E-state index contributed by atoms with van der Waals surface area (Å²) >= 11 is 3.50. The van der Waals surface area contributed by atoms with E-state index < -0.39 is 0 Å². The molecule has 1 aromatic carbocycles. The van der Waals surface area contributed by atoms with E-state index in [1.165, 1.54) is 31.2 Å². The molecule has 0 heterocycles. The van der Waals surface area contributed by atoms with Gasteiger partial charge in [-0.15, -0.1) is 0 Å². The van der Waals surface area contributed by atoms with Gasteiger partial charge in [0.15, 0.2) is 0 Å². The van der Waals surface area contributed by atoms with Crippen LogP contribution >= 0.6 is 15.9 Å². The van der Waals surface area contributed by atoms with E-state index in [-0.39, 0.29) is 5.41 Å². The van der Waals surface area contributed by atoms with Crippen LogP contribution < -0.4 is 0 Å². The SMILES string of the molecule is CC(CCBr)CCCC(C)(C)c1ccc(O)cc1. The number of aromatic hydroxyl groups is 1. The van der Waals surface area contributed by atoms with Crippen molar-refractivity contribution in [1.29, 1.82) is 0 Å². The molecule has 0 radical (unpaired) electrons. The third-order valence-electron chi connectivity index (χ3n) is 3.75. The van der Waals surface area contributed by atoms with Crippen LogP contribution in [0.25, 0.3) is 0 Å². The molecule has 2 heteroatoms. The minimum atomic E-state index is 0.196. The molecule has 1 atom stereocenters. The summed E-state index contributed by atoms with van der Waals surface area (Å²) in [5.41, 5.74) is 1.51. The molecule has 1 rings (SSSR count). The van der Waals surface area contributed by atoms with E-state index in [2.05, 4.69) is 36.7 Å². The monoisotopic (exact) mass is 312 g/mol. The lowest BCUT2D eigenvalue weighted by molar-refractivity contribution is 0.409. The molecule has 0 saturated heterocycles. The molecule has 0 amide bonds. The first kappa shape index (κ1) is 15.6. The lowest BCUT2D eigenvalue weighted by Crippen LogP contribution is -2.17. The first-order valence-electron chi connectivity index (χ1n) is 6.81. The first-order valence-corrected chi connectivity index (χ1v) is 7.93. The van der Waals surface area contributed by atoms with Crippen LogP contribution in [0.15, 0.2) is 24.3 Å². The zero-order chi connectivity index (χ0) is 13.6. The van der Waals surface area contributed by atoms with Crippen LogP contribution in [0.1, 0.15) is 52.0 Å². The van der Waals surface area contributed by atoms with E-state index in [1.807, 2.05) is 12.1 Å². The first-order chi connectivity index (χ1) is 8.45. The maximum atomic E-state index is 9.33. The van der Waals surface area contributed by atoms with Crippen LogP contribution in [0.2, 0.25) is 0 Å². The van der Waals surface area contributed by atoms with E-state index >= 15 is 0 Å². The number of benzene rings is 1. The predicted molar refractivity (Wildman–Crippen MR) is 82.6 cm³/mol. The molecule has 0 aliphatic heterocycles. The molecule has 0 aliphatic carbocycles. The van der Waals surface area contributed by atoms with Gasteiger partial charge in [-0.25, -0.2) is 0 Å². The van der Waals surface area contributed by atoms with Crippen molar-refractivity contribution in [1.82, 2.24) is 0 Å². The van der Waals surface area contributed by atoms with Gasteiger partial charge in [-0.05, 0) is 41.9 Å². The normalized spacial score (nSPS) is 13.6. The quantitative estimate of drug-likeness (QED) is 0.681. The Kier molecular flexibility index (Phi) is 6.20. The molecule has 1 unspecified atom stereocenters. The average molecular weight is 313 g/mol. The summed E-state index contributed by atoms with van der Waals surface area (Å²) in [6.07, 6.45) is 5.03. The molecule has 0 saturated carbocycles. The molecular weight excluding hydrogens is 288 g/mol. The van der Waals surface area contributed by atoms with Crippen molar-refractivity contribution in [2.75, 3.05) is 5.33 Å². The summed E-state index contributed by atoms with van der Waals surface area (Å²) in [6, 6.07) is 7.64. The van der Waals surface area contributed by atoms with Gasteiger partial charge in [-0.1, -0.05) is 61.7 Å². The lowest BCUT2D eigenvalue weighted by Gasteiger charge is -2.26. The van der Waals surface area contributed by atoms with E-state index in [4.69, 9.17) is 0 Å². The molecule has 0 bridgehead atoms. The van der Waals surface area contributed by atoms with Gasteiger partial charge in [0.05, 0.1) is 0 Å². The predicted octanol–water partition coefficient (Wildman–Crippen LogP) is 5.26. The van der Waals surface area contributed by atoms with Crippen molar-refractivity contribution in [2.45, 2.75) is 51.9 Å². The van der Waals surface area contributed by atoms with E-state index in [0.29, 0.717) is 5.75 Å². The number of hydrogen-bond acceptors (Lipinski definition) is 1. The van der Waals surface area contributed by atoms with Crippen LogP contribution in [0.3, 0.4) is 0 Å². The van der Waals surface area contributed by atoms with Gasteiger partial charge in [0.25, 0.3) is 0 Å². The number of alkyl halides is 1. The molecule has 1 N–H and O–H groups in total. The Labute approximate surface area is 120 Å². The van der Waals surface area contributed by atoms with Crippen molar-refractivity contribution >= 4 is 15.9 Å². The lowest BCUT2D eigenvalue weighted by atomic mass is 9.79. The van der Waals surface area contributed by atoms with Crippen molar-refractivity contribution in [3.05, 3.63) is 29.8 Å². The fourth-order valence-corrected chi connectivity index (χ4v) is 3.06. The molecule has 0 aromatic heterocycles. The molecule has 1 nitrogen and oxygen atoms in total. The Morgan fingerprint density at radius 1 is 1.17 bits per heavy atom. The fraction of sp³-hybridized carbons (Fsp3) is 0.625. The minimum absolute atomic E-state index is 0.196. The largest absolute Gasteiger partial charge is 0.508 e. The second kappa shape index (κ2) is 7.18. The third-order valence-corrected chi connectivity index (χ3v) is 4.21. The molecule has 0 spiro atoms. The number of hydrogen-bond donors (Lipinski definition) is 1.